The van der Waals surface area contributed by atoms with Crippen LogP contribution < -0.4 is 5.43 Å². The van der Waals surface area contributed by atoms with E-state index in [1.165, 1.54) is 16.7 Å². The van der Waals surface area contributed by atoms with Crippen molar-refractivity contribution in [2.75, 3.05) is 5.88 Å². The quantitative estimate of drug-likeness (QED) is 0.395. The van der Waals surface area contributed by atoms with Gasteiger partial charge in [0.25, 0.3) is 11.8 Å². The van der Waals surface area contributed by atoms with Crippen molar-refractivity contribution in [3.8, 4) is 0 Å². The Kier molecular flexibility index (Phi) is 5.02. The molecule has 0 saturated heterocycles. The van der Waals surface area contributed by atoms with E-state index < -0.39 is 0 Å². The first-order chi connectivity index (χ1) is 11.7. The van der Waals surface area contributed by atoms with Gasteiger partial charge in [-0.05, 0) is 17.7 Å². The molecule has 1 heterocycles. The topological polar surface area (TPSA) is 61.8 Å². The van der Waals surface area contributed by atoms with Crippen LogP contribution in [0.15, 0.2) is 59.7 Å². The van der Waals surface area contributed by atoms with Crippen LogP contribution >= 0.6 is 24.0 Å². The van der Waals surface area contributed by atoms with E-state index in [4.69, 9.17) is 12.2 Å². The van der Waals surface area contributed by atoms with Crippen LogP contribution in [-0.2, 0) is 0 Å². The van der Waals surface area contributed by atoms with Gasteiger partial charge in [0, 0.05) is 0 Å². The number of amides is 2. The van der Waals surface area contributed by atoms with Gasteiger partial charge in [-0.2, -0.15) is 5.10 Å². The van der Waals surface area contributed by atoms with Crippen molar-refractivity contribution in [2.45, 2.75) is 0 Å². The molecule has 1 aliphatic heterocycles. The van der Waals surface area contributed by atoms with E-state index in [9.17, 15) is 9.59 Å². The Labute approximate surface area is 148 Å². The third-order valence-corrected chi connectivity index (χ3v) is 4.56. The summed E-state index contributed by atoms with van der Waals surface area (Å²) in [4.78, 5) is 25.6. The van der Waals surface area contributed by atoms with Gasteiger partial charge in [0.05, 0.1) is 23.2 Å². The summed E-state index contributed by atoms with van der Waals surface area (Å²) in [6.07, 6.45) is 1.65. The van der Waals surface area contributed by atoms with Crippen molar-refractivity contribution in [1.29, 1.82) is 0 Å². The summed E-state index contributed by atoms with van der Waals surface area (Å²) < 4.78 is 0.388. The maximum Gasteiger partial charge on any atom is 0.262 e. The number of carbonyl (C=O) groups is 2. The predicted molar refractivity (Wildman–Crippen MR) is 99.2 cm³/mol. The van der Waals surface area contributed by atoms with Crippen LogP contribution in [0.1, 0.15) is 26.3 Å². The number of carbonyl (C=O) groups excluding carboxylic acids is 2. The van der Waals surface area contributed by atoms with E-state index in [1.54, 1.807) is 30.5 Å². The van der Waals surface area contributed by atoms with Crippen molar-refractivity contribution in [3.63, 3.8) is 0 Å². The highest BCUT2D eigenvalue weighted by Crippen LogP contribution is 2.24. The fourth-order valence-electron chi connectivity index (χ4n) is 2.21. The number of nitrogens with one attached hydrogen (secondary N) is 1. The summed E-state index contributed by atoms with van der Waals surface area (Å²) in [7, 11) is 0. The lowest BCUT2D eigenvalue weighted by atomic mass is 10.1. The largest absolute Gasteiger partial charge is 0.269 e. The van der Waals surface area contributed by atoms with E-state index >= 15 is 0 Å². The second kappa shape index (κ2) is 7.37. The van der Waals surface area contributed by atoms with Gasteiger partial charge < -0.3 is 0 Å². The summed E-state index contributed by atoms with van der Waals surface area (Å²) in [5.74, 6) is -0.434. The number of fused-ring (bicyclic) bond motifs is 1. The monoisotopic (exact) mass is 355 g/mol. The number of thioether (sulfide) groups is 1. The first-order valence-electron chi connectivity index (χ1n) is 7.13. The van der Waals surface area contributed by atoms with Crippen molar-refractivity contribution >= 4 is 46.3 Å². The molecule has 0 aliphatic carbocycles. The Hall–Kier alpha value is -2.51. The normalized spacial score (nSPS) is 13.4. The minimum Gasteiger partial charge on any atom is -0.269 e. The van der Waals surface area contributed by atoms with Crippen LogP contribution in [0.2, 0.25) is 0 Å². The Morgan fingerprint density at radius 3 is 2.25 bits per heavy atom. The Morgan fingerprint density at radius 1 is 1.04 bits per heavy atom. The molecular weight excluding hydrogens is 342 g/mol. The van der Waals surface area contributed by atoms with Crippen LogP contribution in [0.3, 0.4) is 0 Å². The van der Waals surface area contributed by atoms with Crippen molar-refractivity contribution in [2.24, 2.45) is 5.10 Å². The van der Waals surface area contributed by atoms with Crippen molar-refractivity contribution in [1.82, 2.24) is 10.3 Å². The average Bonchev–Trinajstić information content (AvgIpc) is 2.85. The molecule has 0 saturated carbocycles. The molecule has 24 heavy (non-hydrogen) atoms. The van der Waals surface area contributed by atoms with Gasteiger partial charge in [0.1, 0.15) is 0 Å². The molecule has 3 rings (SSSR count). The number of imide groups is 1. The number of hydrazone groups is 1. The van der Waals surface area contributed by atoms with E-state index in [0.29, 0.717) is 15.4 Å². The maximum atomic E-state index is 12.2. The smallest absolute Gasteiger partial charge is 0.262 e. The van der Waals surface area contributed by atoms with Gasteiger partial charge in [-0.1, -0.05) is 66.4 Å². The highest BCUT2D eigenvalue weighted by molar-refractivity contribution is 8.22. The summed E-state index contributed by atoms with van der Waals surface area (Å²) in [6, 6.07) is 16.4. The van der Waals surface area contributed by atoms with Gasteiger partial charge in [-0.3, -0.25) is 19.9 Å². The third-order valence-electron chi connectivity index (χ3n) is 3.37. The summed E-state index contributed by atoms with van der Waals surface area (Å²) >= 11 is 6.33. The Balaban J connectivity index is 1.53. The molecule has 0 radical (unpaired) electrons. The first kappa shape index (κ1) is 16.4. The fraction of sp³-hybridized carbons (Fsp3) is 0.0588. The molecular formula is C17H13N3O2S2. The number of nitrogens with zero attached hydrogens (tertiary/aromatic N) is 2. The van der Waals surface area contributed by atoms with Gasteiger partial charge in [0.15, 0.2) is 4.32 Å². The number of rotatable bonds is 4. The number of thiocarbonyl (C=S) groups is 1. The lowest BCUT2D eigenvalue weighted by Gasteiger charge is -2.13. The highest BCUT2D eigenvalue weighted by atomic mass is 32.2. The molecule has 1 aliphatic rings. The molecule has 0 bridgehead atoms. The van der Waals surface area contributed by atoms with Gasteiger partial charge in [-0.25, -0.2) is 0 Å². The van der Waals surface area contributed by atoms with Gasteiger partial charge in [0.2, 0.25) is 0 Å². The standard InChI is InChI=1S/C17H13N3O2S2/c21-15-13-8-4-5-9-14(13)16(22)20(15)11-24-17(23)19-18-10-12-6-2-1-3-7-12/h1-10H,11H2,(H,19,23)/b18-10+. The molecule has 0 unspecified atom stereocenters. The van der Waals surface area contributed by atoms with Crippen LogP contribution in [0.5, 0.6) is 0 Å². The SMILES string of the molecule is O=C1c2ccccc2C(=O)N1CSC(=S)N/N=C/c1ccccc1. The number of hydrogen-bond donors (Lipinski definition) is 1. The molecule has 1 N–H and O–H groups in total. The van der Waals surface area contributed by atoms with Crippen LogP contribution in [-0.4, -0.2) is 33.1 Å². The molecule has 2 amide bonds. The minimum atomic E-state index is -0.293. The van der Waals surface area contributed by atoms with Gasteiger partial charge >= 0.3 is 0 Å². The first-order valence-corrected chi connectivity index (χ1v) is 8.52. The maximum absolute atomic E-state index is 12.2. The molecule has 0 aromatic heterocycles. The molecule has 2 aromatic carbocycles. The lowest BCUT2D eigenvalue weighted by Crippen LogP contribution is -2.30. The minimum absolute atomic E-state index is 0.152. The van der Waals surface area contributed by atoms with Crippen molar-refractivity contribution < 1.29 is 9.59 Å². The Bertz CT molecular complexity index is 787. The molecule has 7 heteroatoms. The number of hydrogen-bond acceptors (Lipinski definition) is 5. The van der Waals surface area contributed by atoms with Crippen molar-refractivity contribution in [3.05, 3.63) is 71.3 Å². The van der Waals surface area contributed by atoms with Gasteiger partial charge in [-0.15, -0.1) is 0 Å². The zero-order valence-corrected chi connectivity index (χ0v) is 14.1. The fourth-order valence-corrected chi connectivity index (χ4v) is 3.02. The van der Waals surface area contributed by atoms with E-state index in [-0.39, 0.29) is 17.7 Å². The summed E-state index contributed by atoms with van der Waals surface area (Å²) in [5.41, 5.74) is 4.53. The molecule has 0 atom stereocenters. The third kappa shape index (κ3) is 3.52. The molecule has 120 valence electrons. The van der Waals surface area contributed by atoms with E-state index in [2.05, 4.69) is 10.5 Å². The average molecular weight is 355 g/mol. The summed E-state index contributed by atoms with van der Waals surface area (Å²) in [5, 5.41) is 4.04. The predicted octanol–water partition coefficient (Wildman–Crippen LogP) is 2.88. The van der Waals surface area contributed by atoms with E-state index in [0.717, 1.165) is 5.56 Å². The van der Waals surface area contributed by atoms with Crippen LogP contribution in [0.25, 0.3) is 0 Å². The van der Waals surface area contributed by atoms with Crippen LogP contribution in [0, 0.1) is 0 Å². The molecule has 5 nitrogen and oxygen atoms in total. The zero-order chi connectivity index (χ0) is 16.9. The zero-order valence-electron chi connectivity index (χ0n) is 12.5. The van der Waals surface area contributed by atoms with E-state index in [1.807, 2.05) is 30.3 Å². The lowest BCUT2D eigenvalue weighted by molar-refractivity contribution is 0.0684. The molecule has 2 aromatic rings. The molecule has 0 spiro atoms. The summed E-state index contributed by atoms with van der Waals surface area (Å²) in [6.45, 7) is 0. The highest BCUT2D eigenvalue weighted by Gasteiger charge is 2.34. The molecule has 0 fully saturated rings. The Morgan fingerprint density at radius 2 is 1.62 bits per heavy atom. The second-order valence-electron chi connectivity index (χ2n) is 4.93. The second-order valence-corrected chi connectivity index (χ2v) is 6.55. The number of benzene rings is 2. The van der Waals surface area contributed by atoms with Crippen LogP contribution in [0.4, 0.5) is 0 Å².